The average Bonchev–Trinajstić information content (AvgIpc) is 4.26. The zero-order valence-corrected chi connectivity index (χ0v) is 48.9. The molecule has 0 bridgehead atoms. The number of alkyl halides is 2. The molecule has 2 unspecified atom stereocenters. The maximum absolute atomic E-state index is 13.9. The molecule has 2 spiro atoms. The summed E-state index contributed by atoms with van der Waals surface area (Å²) >= 11 is 12.7. The summed E-state index contributed by atoms with van der Waals surface area (Å²) in [5.41, 5.74) is 1.25. The van der Waals surface area contributed by atoms with Crippen LogP contribution in [-0.2, 0) is 31.9 Å². The van der Waals surface area contributed by atoms with Gasteiger partial charge in [0.25, 0.3) is 11.8 Å². The minimum Gasteiger partial charge on any atom is -0.508 e. The molecule has 7 aliphatic rings. The Morgan fingerprint density at radius 2 is 1.07 bits per heavy atom. The van der Waals surface area contributed by atoms with Gasteiger partial charge in [0, 0.05) is 68.1 Å². The van der Waals surface area contributed by atoms with Crippen molar-refractivity contribution < 1.29 is 38.5 Å². The number of carbonyl (C=O) groups is 4. The first-order chi connectivity index (χ1) is 34.1. The molecule has 11 rings (SSSR count). The van der Waals surface area contributed by atoms with Gasteiger partial charge in [0.2, 0.25) is 0 Å². The largest absolute Gasteiger partial charge is 0.508 e. The quantitative estimate of drug-likeness (QED) is 0.143. The highest BCUT2D eigenvalue weighted by molar-refractivity contribution is 14.1. The van der Waals surface area contributed by atoms with Crippen LogP contribution in [-0.4, -0.2) is 80.8 Å². The van der Waals surface area contributed by atoms with Gasteiger partial charge in [-0.1, -0.05) is 82.5 Å². The molecule has 386 valence electrons. The topological polar surface area (TPSA) is 129 Å². The molecule has 3 saturated carbocycles. The molecule has 1 N–H and O–H groups in total. The Kier molecular flexibility index (Phi) is 16.7. The smallest absolute Gasteiger partial charge is 0.415 e. The van der Waals surface area contributed by atoms with E-state index in [1.807, 2.05) is 87.5 Å². The van der Waals surface area contributed by atoms with Crippen molar-refractivity contribution >= 4 is 117 Å². The van der Waals surface area contributed by atoms with Crippen LogP contribution in [0.5, 0.6) is 11.5 Å². The highest BCUT2D eigenvalue weighted by Crippen LogP contribution is 2.49. The van der Waals surface area contributed by atoms with Crippen LogP contribution in [0.25, 0.3) is 0 Å². The van der Waals surface area contributed by atoms with Crippen molar-refractivity contribution in [2.75, 3.05) is 49.1 Å². The van der Waals surface area contributed by atoms with E-state index in [4.69, 9.17) is 14.2 Å². The number of hydrogen-bond donors (Lipinski definition) is 1. The van der Waals surface area contributed by atoms with Gasteiger partial charge in [0.1, 0.15) is 33.8 Å². The Balaban J connectivity index is 0.000000162. The number of ether oxygens (including phenoxy) is 3. The van der Waals surface area contributed by atoms with Crippen molar-refractivity contribution in [3.8, 4) is 11.5 Å². The third-order valence-electron chi connectivity index (χ3n) is 13.7. The van der Waals surface area contributed by atoms with Crippen LogP contribution in [0.3, 0.4) is 0 Å². The zero-order valence-electron chi connectivity index (χ0n) is 42.0. The first-order valence-electron chi connectivity index (χ1n) is 25.0. The zero-order chi connectivity index (χ0) is 51.8. The third-order valence-corrected chi connectivity index (χ3v) is 16.9. The number of rotatable bonds is 7. The van der Waals surface area contributed by atoms with Crippen LogP contribution < -0.4 is 24.3 Å². The van der Waals surface area contributed by atoms with Crippen LogP contribution >= 0.6 is 70.4 Å². The number of phenolic OH excluding ortho intramolecular Hbond substituents is 1. The van der Waals surface area contributed by atoms with Crippen LogP contribution in [0.1, 0.15) is 104 Å². The molecule has 72 heavy (non-hydrogen) atoms. The van der Waals surface area contributed by atoms with Crippen molar-refractivity contribution in [3.63, 3.8) is 0 Å². The van der Waals surface area contributed by atoms with E-state index in [-0.39, 0.29) is 17.6 Å². The number of nitrogens with zero attached hydrogens (tertiary/aromatic N) is 4. The Hall–Kier alpha value is -3.87. The Morgan fingerprint density at radius 1 is 0.639 bits per heavy atom. The molecule has 4 heterocycles. The SMILES string of the molecule is BrCC1CC1.CC(C)(C)OC(=O)N1c2cc(O)ccc2CC12CCN(c1ccc(Br)cc1)C2=O.CC(C)(C)OC(=O)N1c2cc(OCC3CC3)ccc2CC12CCN(c1ccc(Br)cc1)C2=O.ICC1CC1. The predicted octanol–water partition coefficient (Wildman–Crippen LogP) is 14.0. The van der Waals surface area contributed by atoms with Gasteiger partial charge in [0.05, 0.1) is 18.0 Å². The third kappa shape index (κ3) is 12.8. The number of phenols is 1. The lowest BCUT2D eigenvalue weighted by molar-refractivity contribution is -0.122. The van der Waals surface area contributed by atoms with Gasteiger partial charge < -0.3 is 29.1 Å². The molecular formula is C56H66Br3IN4O8. The fraction of sp³-hybridized carbons (Fsp3) is 0.500. The molecule has 5 fully saturated rings. The van der Waals surface area contributed by atoms with Gasteiger partial charge in [0.15, 0.2) is 0 Å². The van der Waals surface area contributed by atoms with E-state index in [9.17, 15) is 24.3 Å². The number of fused-ring (bicyclic) bond motifs is 2. The van der Waals surface area contributed by atoms with Gasteiger partial charge >= 0.3 is 12.2 Å². The number of anilines is 4. The van der Waals surface area contributed by atoms with Crippen molar-refractivity contribution in [3.05, 3.63) is 105 Å². The average molecular weight is 1290 g/mol. The fourth-order valence-electron chi connectivity index (χ4n) is 9.35. The molecule has 16 heteroatoms. The molecular weight excluding hydrogens is 1220 g/mol. The summed E-state index contributed by atoms with van der Waals surface area (Å²) in [5, 5.41) is 11.2. The summed E-state index contributed by atoms with van der Waals surface area (Å²) in [6.07, 6.45) is 9.16. The normalized spacial score (nSPS) is 21.9. The van der Waals surface area contributed by atoms with E-state index < -0.39 is 34.5 Å². The monoisotopic (exact) mass is 1290 g/mol. The van der Waals surface area contributed by atoms with Crippen molar-refractivity contribution in [1.29, 1.82) is 0 Å². The van der Waals surface area contributed by atoms with E-state index in [1.165, 1.54) is 59.2 Å². The minimum absolute atomic E-state index is 0.0459. The molecule has 2 atom stereocenters. The highest BCUT2D eigenvalue weighted by Gasteiger charge is 2.60. The van der Waals surface area contributed by atoms with Crippen LogP contribution in [0, 0.1) is 17.8 Å². The van der Waals surface area contributed by atoms with E-state index in [1.54, 1.807) is 47.6 Å². The van der Waals surface area contributed by atoms with Crippen LogP contribution in [0.2, 0.25) is 0 Å². The Labute approximate surface area is 463 Å². The summed E-state index contributed by atoms with van der Waals surface area (Å²) in [7, 11) is 0. The lowest BCUT2D eigenvalue weighted by Gasteiger charge is -2.35. The fourth-order valence-corrected chi connectivity index (χ4v) is 11.4. The number of halogens is 4. The van der Waals surface area contributed by atoms with E-state index in [0.717, 1.165) is 49.0 Å². The summed E-state index contributed by atoms with van der Waals surface area (Å²) < 4.78 is 20.7. The summed E-state index contributed by atoms with van der Waals surface area (Å²) in [4.78, 5) is 60.8. The number of carbonyl (C=O) groups excluding carboxylic acids is 4. The molecule has 2 saturated heterocycles. The molecule has 3 aliphatic carbocycles. The predicted molar refractivity (Wildman–Crippen MR) is 303 cm³/mol. The van der Waals surface area contributed by atoms with Gasteiger partial charge in [-0.15, -0.1) is 0 Å². The van der Waals surface area contributed by atoms with Gasteiger partial charge in [-0.3, -0.25) is 19.4 Å². The molecule has 4 amide bonds. The van der Waals surface area contributed by atoms with Gasteiger partial charge in [-0.2, -0.15) is 0 Å². The molecule has 4 aliphatic heterocycles. The molecule has 12 nitrogen and oxygen atoms in total. The van der Waals surface area contributed by atoms with E-state index in [0.29, 0.717) is 62.7 Å². The van der Waals surface area contributed by atoms with Gasteiger partial charge in [-0.25, -0.2) is 9.59 Å². The highest BCUT2D eigenvalue weighted by atomic mass is 127. The molecule has 0 aromatic heterocycles. The van der Waals surface area contributed by atoms with Crippen LogP contribution in [0.4, 0.5) is 32.3 Å². The second-order valence-corrected chi connectivity index (χ2v) is 25.3. The summed E-state index contributed by atoms with van der Waals surface area (Å²) in [5.74, 6) is 3.35. The van der Waals surface area contributed by atoms with Gasteiger partial charge in [-0.05, 0) is 182 Å². The second-order valence-electron chi connectivity index (χ2n) is 22.0. The summed E-state index contributed by atoms with van der Waals surface area (Å²) in [6.45, 7) is 12.6. The van der Waals surface area contributed by atoms with Crippen LogP contribution in [0.15, 0.2) is 93.9 Å². The maximum atomic E-state index is 13.9. The van der Waals surface area contributed by atoms with Crippen molar-refractivity contribution in [2.45, 2.75) is 128 Å². The number of aromatic hydroxyl groups is 1. The van der Waals surface area contributed by atoms with E-state index in [2.05, 4.69) is 70.4 Å². The number of hydrogen-bond acceptors (Lipinski definition) is 8. The lowest BCUT2D eigenvalue weighted by atomic mass is 9.92. The Bertz CT molecular complexity index is 2620. The summed E-state index contributed by atoms with van der Waals surface area (Å²) in [6, 6.07) is 25.9. The lowest BCUT2D eigenvalue weighted by Crippen LogP contribution is -2.56. The number of amides is 4. The molecule has 0 radical (unpaired) electrons. The Morgan fingerprint density at radius 3 is 1.44 bits per heavy atom. The van der Waals surface area contributed by atoms with E-state index >= 15 is 0 Å². The minimum atomic E-state index is -1.05. The number of benzene rings is 4. The van der Waals surface area contributed by atoms with Crippen molar-refractivity contribution in [1.82, 2.24) is 0 Å². The molecule has 4 aromatic rings. The maximum Gasteiger partial charge on any atom is 0.415 e. The second kappa shape index (κ2) is 22.1. The first kappa shape index (κ1) is 54.4. The molecule has 4 aromatic carbocycles. The first-order valence-corrected chi connectivity index (χ1v) is 29.3. The standard InChI is InChI=1S/C26H29BrN2O4.C22H23BrN2O4.C4H7Br.C4H7I/c1-25(2,3)33-24(31)29-22-14-21(32-16-17-4-5-17)11-6-18(22)15-26(29)12-13-28(23(26)30)20-9-7-19(27)8-10-20;1-21(2,3)29-20(28)25-18-12-17(26)9-4-14(18)13-22(25)10-11-24(19(22)27)16-7-5-15(23)6-8-16;2*5-3-4-1-2-4/h6-11,14,17H,4-5,12-13,15-16H2,1-3H3;4-9,12,26H,10-11,13H2,1-3H3;2*4H,1-3H2. The van der Waals surface area contributed by atoms with Crippen molar-refractivity contribution in [2.24, 2.45) is 17.8 Å².